The Hall–Kier alpha value is -1.72. The van der Waals surface area contributed by atoms with Crippen molar-refractivity contribution in [3.63, 3.8) is 0 Å². The van der Waals surface area contributed by atoms with Gasteiger partial charge in [-0.2, -0.15) is 5.10 Å². The maximum Gasteiger partial charge on any atom is 0.132 e. The third-order valence-electron chi connectivity index (χ3n) is 4.97. The number of hydrogen-bond acceptors (Lipinski definition) is 3. The fourth-order valence-electron chi connectivity index (χ4n) is 3.58. The summed E-state index contributed by atoms with van der Waals surface area (Å²) in [6, 6.07) is 6.73. The number of H-pyrrole nitrogens is 1. The summed E-state index contributed by atoms with van der Waals surface area (Å²) in [5.74, 6) is 0.220. The van der Waals surface area contributed by atoms with Gasteiger partial charge in [-0.15, -0.1) is 0 Å². The highest BCUT2D eigenvalue weighted by atomic mass is 19.1. The third kappa shape index (κ3) is 4.22. The smallest absolute Gasteiger partial charge is 0.132 e. The SMILES string of the molecule is OC1CCCCC1CCCNCc1cn[nH]c1-c1ccccc1F. The second-order valence-electron chi connectivity index (χ2n) is 6.68. The van der Waals surface area contributed by atoms with Crippen LogP contribution in [0.5, 0.6) is 0 Å². The molecule has 1 fully saturated rings. The second-order valence-corrected chi connectivity index (χ2v) is 6.68. The predicted molar refractivity (Wildman–Crippen MR) is 92.9 cm³/mol. The number of aliphatic hydroxyl groups is 1. The zero-order valence-electron chi connectivity index (χ0n) is 14.0. The number of rotatable bonds is 7. The minimum atomic E-state index is -0.241. The Morgan fingerprint density at radius 3 is 2.92 bits per heavy atom. The van der Waals surface area contributed by atoms with Crippen LogP contribution >= 0.6 is 0 Å². The van der Waals surface area contributed by atoms with Crippen molar-refractivity contribution in [3.05, 3.63) is 41.8 Å². The number of halogens is 1. The fourth-order valence-corrected chi connectivity index (χ4v) is 3.58. The number of aromatic amines is 1. The monoisotopic (exact) mass is 331 g/mol. The van der Waals surface area contributed by atoms with Crippen LogP contribution in [-0.2, 0) is 6.54 Å². The highest BCUT2D eigenvalue weighted by molar-refractivity contribution is 5.63. The lowest BCUT2D eigenvalue weighted by Gasteiger charge is -2.27. The Bertz CT molecular complexity index is 643. The van der Waals surface area contributed by atoms with Gasteiger partial charge in [0.1, 0.15) is 5.82 Å². The van der Waals surface area contributed by atoms with Crippen molar-refractivity contribution in [2.75, 3.05) is 6.54 Å². The standard InChI is InChI=1S/C19H26FN3O/c20-17-9-3-2-8-16(17)19-15(13-22-23-19)12-21-11-5-7-14-6-1-4-10-18(14)24/h2-3,8-9,13-14,18,21,24H,1,4-7,10-12H2,(H,22,23). The van der Waals surface area contributed by atoms with Crippen LogP contribution in [0.4, 0.5) is 4.39 Å². The molecule has 0 spiro atoms. The second kappa shape index (κ2) is 8.40. The van der Waals surface area contributed by atoms with Gasteiger partial charge in [-0.1, -0.05) is 25.0 Å². The first kappa shape index (κ1) is 17.1. The van der Waals surface area contributed by atoms with Gasteiger partial charge in [-0.3, -0.25) is 5.10 Å². The summed E-state index contributed by atoms with van der Waals surface area (Å²) in [5.41, 5.74) is 2.26. The van der Waals surface area contributed by atoms with E-state index < -0.39 is 0 Å². The van der Waals surface area contributed by atoms with E-state index in [0.717, 1.165) is 49.9 Å². The van der Waals surface area contributed by atoms with Crippen molar-refractivity contribution in [2.45, 2.75) is 51.2 Å². The number of aromatic nitrogens is 2. The summed E-state index contributed by atoms with van der Waals surface area (Å²) in [7, 11) is 0. The van der Waals surface area contributed by atoms with Gasteiger partial charge in [0.15, 0.2) is 0 Å². The Morgan fingerprint density at radius 1 is 1.25 bits per heavy atom. The van der Waals surface area contributed by atoms with E-state index in [1.165, 1.54) is 12.5 Å². The van der Waals surface area contributed by atoms with E-state index in [2.05, 4.69) is 15.5 Å². The molecule has 2 unspecified atom stereocenters. The lowest BCUT2D eigenvalue weighted by Crippen LogP contribution is -2.25. The fraction of sp³-hybridized carbons (Fsp3) is 0.526. The van der Waals surface area contributed by atoms with E-state index in [1.54, 1.807) is 18.3 Å². The summed E-state index contributed by atoms with van der Waals surface area (Å²) in [5, 5.41) is 20.4. The van der Waals surface area contributed by atoms with Crippen molar-refractivity contribution in [3.8, 4) is 11.3 Å². The van der Waals surface area contributed by atoms with Crippen molar-refractivity contribution in [1.29, 1.82) is 0 Å². The van der Waals surface area contributed by atoms with Gasteiger partial charge >= 0.3 is 0 Å². The van der Waals surface area contributed by atoms with E-state index in [4.69, 9.17) is 0 Å². The van der Waals surface area contributed by atoms with Gasteiger partial charge in [-0.05, 0) is 50.3 Å². The number of aliphatic hydroxyl groups excluding tert-OH is 1. The highest BCUT2D eigenvalue weighted by Gasteiger charge is 2.22. The largest absolute Gasteiger partial charge is 0.393 e. The van der Waals surface area contributed by atoms with Gasteiger partial charge < -0.3 is 10.4 Å². The summed E-state index contributed by atoms with van der Waals surface area (Å²) in [4.78, 5) is 0. The summed E-state index contributed by atoms with van der Waals surface area (Å²) < 4.78 is 13.9. The molecule has 130 valence electrons. The lowest BCUT2D eigenvalue weighted by molar-refractivity contribution is 0.0643. The maximum atomic E-state index is 13.9. The highest BCUT2D eigenvalue weighted by Crippen LogP contribution is 2.28. The van der Waals surface area contributed by atoms with Crippen LogP contribution in [0.2, 0.25) is 0 Å². The molecule has 0 saturated heterocycles. The molecule has 1 aromatic carbocycles. The number of benzene rings is 1. The average Bonchev–Trinajstić information content (AvgIpc) is 3.05. The molecule has 2 aromatic rings. The Morgan fingerprint density at radius 2 is 2.08 bits per heavy atom. The molecule has 24 heavy (non-hydrogen) atoms. The van der Waals surface area contributed by atoms with Crippen molar-refractivity contribution in [1.82, 2.24) is 15.5 Å². The van der Waals surface area contributed by atoms with Crippen molar-refractivity contribution < 1.29 is 9.50 Å². The molecule has 1 aliphatic carbocycles. The maximum absolute atomic E-state index is 13.9. The Kier molecular flexibility index (Phi) is 5.99. The van der Waals surface area contributed by atoms with Gasteiger partial charge in [0.2, 0.25) is 0 Å². The third-order valence-corrected chi connectivity index (χ3v) is 4.97. The zero-order chi connectivity index (χ0) is 16.8. The Labute approximate surface area is 142 Å². The van der Waals surface area contributed by atoms with Crippen LogP contribution in [0.3, 0.4) is 0 Å². The van der Waals surface area contributed by atoms with Gasteiger partial charge in [0.05, 0.1) is 18.0 Å². The summed E-state index contributed by atoms with van der Waals surface area (Å²) >= 11 is 0. The molecule has 4 nitrogen and oxygen atoms in total. The number of nitrogens with one attached hydrogen (secondary N) is 2. The molecular formula is C19H26FN3O. The van der Waals surface area contributed by atoms with Crippen LogP contribution in [-0.4, -0.2) is 28.0 Å². The topological polar surface area (TPSA) is 60.9 Å². The van der Waals surface area contributed by atoms with E-state index in [-0.39, 0.29) is 11.9 Å². The number of hydrogen-bond donors (Lipinski definition) is 3. The zero-order valence-corrected chi connectivity index (χ0v) is 14.0. The quantitative estimate of drug-likeness (QED) is 0.679. The van der Waals surface area contributed by atoms with Crippen LogP contribution in [0, 0.1) is 11.7 Å². The summed E-state index contributed by atoms with van der Waals surface area (Å²) in [6.45, 7) is 1.55. The molecule has 1 saturated carbocycles. The first-order chi connectivity index (χ1) is 11.8. The van der Waals surface area contributed by atoms with E-state index in [0.29, 0.717) is 18.0 Å². The molecule has 0 amide bonds. The molecular weight excluding hydrogens is 305 g/mol. The van der Waals surface area contributed by atoms with Crippen molar-refractivity contribution in [2.24, 2.45) is 5.92 Å². The molecule has 3 N–H and O–H groups in total. The van der Waals surface area contributed by atoms with Crippen LogP contribution in [0.25, 0.3) is 11.3 Å². The first-order valence-corrected chi connectivity index (χ1v) is 8.91. The molecule has 0 radical (unpaired) electrons. The first-order valence-electron chi connectivity index (χ1n) is 8.91. The lowest BCUT2D eigenvalue weighted by atomic mass is 9.83. The van der Waals surface area contributed by atoms with Gasteiger partial charge in [0.25, 0.3) is 0 Å². The van der Waals surface area contributed by atoms with Crippen LogP contribution in [0.1, 0.15) is 44.1 Å². The molecule has 1 aliphatic rings. The molecule has 5 heteroatoms. The predicted octanol–water partition coefficient (Wildman–Crippen LogP) is 3.64. The molecule has 3 rings (SSSR count). The van der Waals surface area contributed by atoms with E-state index >= 15 is 0 Å². The van der Waals surface area contributed by atoms with Crippen molar-refractivity contribution >= 4 is 0 Å². The molecule has 0 bridgehead atoms. The molecule has 1 aromatic heterocycles. The van der Waals surface area contributed by atoms with E-state index in [9.17, 15) is 9.50 Å². The van der Waals surface area contributed by atoms with Crippen LogP contribution in [0.15, 0.2) is 30.5 Å². The van der Waals surface area contributed by atoms with Gasteiger partial charge in [0, 0.05) is 17.7 Å². The van der Waals surface area contributed by atoms with E-state index in [1.807, 2.05) is 6.07 Å². The minimum absolute atomic E-state index is 0.111. The summed E-state index contributed by atoms with van der Waals surface area (Å²) in [6.07, 6.45) is 8.28. The number of nitrogens with zero attached hydrogens (tertiary/aromatic N) is 1. The Balaban J connectivity index is 1.46. The van der Waals surface area contributed by atoms with Gasteiger partial charge in [-0.25, -0.2) is 4.39 Å². The normalized spacial score (nSPS) is 21.1. The van der Waals surface area contributed by atoms with Crippen LogP contribution < -0.4 is 5.32 Å². The minimum Gasteiger partial charge on any atom is -0.393 e. The molecule has 1 heterocycles. The molecule has 2 atom stereocenters. The molecule has 0 aliphatic heterocycles. The average molecular weight is 331 g/mol.